The Morgan fingerprint density at radius 3 is 2.93 bits per heavy atom. The van der Waals surface area contributed by atoms with Gasteiger partial charge in [-0.15, -0.1) is 0 Å². The maximum Gasteiger partial charge on any atom is 0.240 e. The van der Waals surface area contributed by atoms with Crippen LogP contribution in [0.4, 0.5) is 0 Å². The Morgan fingerprint density at radius 2 is 2.40 bits per heavy atom. The van der Waals surface area contributed by atoms with E-state index in [4.69, 9.17) is 5.73 Å². The van der Waals surface area contributed by atoms with E-state index in [0.717, 1.165) is 5.69 Å². The lowest BCUT2D eigenvalue weighted by molar-refractivity contribution is -0.126. The van der Waals surface area contributed by atoms with Crippen LogP contribution in [-0.2, 0) is 11.3 Å². The lowest BCUT2D eigenvalue weighted by Crippen LogP contribution is -2.50. The molecule has 1 aromatic heterocycles. The molecule has 5 heteroatoms. The quantitative estimate of drug-likeness (QED) is 0.741. The molecule has 0 saturated carbocycles. The van der Waals surface area contributed by atoms with Gasteiger partial charge in [0.25, 0.3) is 0 Å². The molecular weight excluding hydrogens is 192 g/mol. The van der Waals surface area contributed by atoms with Gasteiger partial charge in [-0.1, -0.05) is 6.92 Å². The van der Waals surface area contributed by atoms with Crippen LogP contribution >= 0.6 is 0 Å². The number of hydrogen-bond acceptors (Lipinski definition) is 4. The number of nitrogens with zero attached hydrogens (tertiary/aromatic N) is 2. The van der Waals surface area contributed by atoms with E-state index in [1.165, 1.54) is 0 Å². The summed E-state index contributed by atoms with van der Waals surface area (Å²) in [4.78, 5) is 11.6. The summed E-state index contributed by atoms with van der Waals surface area (Å²) in [6, 6.07) is 3.57. The third-order valence-corrected chi connectivity index (χ3v) is 2.31. The summed E-state index contributed by atoms with van der Waals surface area (Å²) in [5.41, 5.74) is 5.68. The highest BCUT2D eigenvalue weighted by Crippen LogP contribution is 2.04. The van der Waals surface area contributed by atoms with E-state index in [1.54, 1.807) is 25.3 Å². The molecule has 0 fully saturated rings. The van der Waals surface area contributed by atoms with Crippen LogP contribution in [0.15, 0.2) is 18.3 Å². The second kappa shape index (κ2) is 4.84. The Bertz CT molecular complexity index is 323. The van der Waals surface area contributed by atoms with Gasteiger partial charge in [-0.25, -0.2) is 0 Å². The van der Waals surface area contributed by atoms with Crippen LogP contribution < -0.4 is 11.1 Å². The van der Waals surface area contributed by atoms with Crippen molar-refractivity contribution in [3.8, 4) is 0 Å². The molecule has 0 aliphatic carbocycles. The molecule has 0 aliphatic heterocycles. The van der Waals surface area contributed by atoms with Gasteiger partial charge in [-0.2, -0.15) is 10.2 Å². The lowest BCUT2D eigenvalue weighted by Gasteiger charge is -2.21. The molecule has 0 bridgehead atoms. The maximum atomic E-state index is 11.6. The molecule has 0 spiro atoms. The van der Waals surface area contributed by atoms with Crippen molar-refractivity contribution in [3.63, 3.8) is 0 Å². The van der Waals surface area contributed by atoms with Crippen LogP contribution in [0.3, 0.4) is 0 Å². The Hall–Kier alpha value is -1.49. The number of amides is 1. The number of carbonyl (C=O) groups excluding carboxylic acids is 1. The third kappa shape index (κ3) is 3.28. The minimum absolute atomic E-state index is 0.171. The second-order valence-corrected chi connectivity index (χ2v) is 3.67. The maximum absolute atomic E-state index is 11.6. The monoisotopic (exact) mass is 208 g/mol. The van der Waals surface area contributed by atoms with Gasteiger partial charge in [0.05, 0.1) is 17.8 Å². The number of nitrogens with two attached hydrogens (primary N) is 1. The molecule has 15 heavy (non-hydrogen) atoms. The molecule has 1 unspecified atom stereocenters. The summed E-state index contributed by atoms with van der Waals surface area (Å²) < 4.78 is 0. The summed E-state index contributed by atoms with van der Waals surface area (Å²) in [7, 11) is 0. The van der Waals surface area contributed by atoms with Gasteiger partial charge in [0.2, 0.25) is 5.91 Å². The van der Waals surface area contributed by atoms with Gasteiger partial charge in [-0.3, -0.25) is 4.79 Å². The molecule has 0 radical (unpaired) electrons. The molecule has 5 nitrogen and oxygen atoms in total. The molecule has 1 atom stereocenters. The largest absolute Gasteiger partial charge is 0.349 e. The van der Waals surface area contributed by atoms with E-state index in [-0.39, 0.29) is 5.91 Å². The smallest absolute Gasteiger partial charge is 0.240 e. The van der Waals surface area contributed by atoms with Crippen molar-refractivity contribution in [2.24, 2.45) is 5.73 Å². The van der Waals surface area contributed by atoms with Gasteiger partial charge in [0.15, 0.2) is 0 Å². The summed E-state index contributed by atoms with van der Waals surface area (Å²) >= 11 is 0. The van der Waals surface area contributed by atoms with Crippen LogP contribution in [0.25, 0.3) is 0 Å². The van der Waals surface area contributed by atoms with Crippen molar-refractivity contribution in [1.29, 1.82) is 0 Å². The van der Waals surface area contributed by atoms with Gasteiger partial charge in [0, 0.05) is 6.20 Å². The van der Waals surface area contributed by atoms with E-state index in [2.05, 4.69) is 15.5 Å². The molecule has 1 heterocycles. The first-order valence-corrected chi connectivity index (χ1v) is 4.90. The van der Waals surface area contributed by atoms with E-state index < -0.39 is 5.54 Å². The zero-order valence-electron chi connectivity index (χ0n) is 9.03. The van der Waals surface area contributed by atoms with E-state index in [1.807, 2.05) is 6.92 Å². The van der Waals surface area contributed by atoms with E-state index >= 15 is 0 Å². The zero-order chi connectivity index (χ0) is 11.3. The van der Waals surface area contributed by atoms with Crippen molar-refractivity contribution in [2.75, 3.05) is 0 Å². The van der Waals surface area contributed by atoms with Crippen LogP contribution in [0, 0.1) is 0 Å². The number of rotatable bonds is 4. The van der Waals surface area contributed by atoms with Gasteiger partial charge < -0.3 is 11.1 Å². The fourth-order valence-corrected chi connectivity index (χ4v) is 0.961. The fourth-order valence-electron chi connectivity index (χ4n) is 0.961. The standard InChI is InChI=1S/C10H16N4O/c1-3-10(2,11)9(15)12-7-8-5-4-6-13-14-8/h4-6H,3,7,11H2,1-2H3,(H,12,15). The van der Waals surface area contributed by atoms with Gasteiger partial charge in [-0.05, 0) is 25.5 Å². The molecule has 0 saturated heterocycles. The van der Waals surface area contributed by atoms with Crippen molar-refractivity contribution in [3.05, 3.63) is 24.0 Å². The predicted molar refractivity (Wildman–Crippen MR) is 56.8 cm³/mol. The number of carbonyl (C=O) groups is 1. The average Bonchev–Trinajstić information content (AvgIpc) is 2.27. The van der Waals surface area contributed by atoms with Crippen LogP contribution in [0.1, 0.15) is 26.0 Å². The van der Waals surface area contributed by atoms with E-state index in [0.29, 0.717) is 13.0 Å². The summed E-state index contributed by atoms with van der Waals surface area (Å²) in [6.07, 6.45) is 2.18. The molecule has 1 aromatic rings. The third-order valence-electron chi connectivity index (χ3n) is 2.31. The van der Waals surface area contributed by atoms with Crippen LogP contribution in [-0.4, -0.2) is 21.6 Å². The highest BCUT2D eigenvalue weighted by Gasteiger charge is 2.25. The minimum atomic E-state index is -0.817. The van der Waals surface area contributed by atoms with Crippen molar-refractivity contribution < 1.29 is 4.79 Å². The molecule has 82 valence electrons. The molecule has 1 rings (SSSR count). The number of nitrogens with one attached hydrogen (secondary N) is 1. The number of aromatic nitrogens is 2. The molecule has 1 amide bonds. The highest BCUT2D eigenvalue weighted by atomic mass is 16.2. The number of hydrogen-bond donors (Lipinski definition) is 2. The van der Waals surface area contributed by atoms with Crippen LogP contribution in [0.2, 0.25) is 0 Å². The molecule has 0 aliphatic rings. The first kappa shape index (κ1) is 11.6. The lowest BCUT2D eigenvalue weighted by atomic mass is 10.00. The van der Waals surface area contributed by atoms with Crippen LogP contribution in [0.5, 0.6) is 0 Å². The Morgan fingerprint density at radius 1 is 1.67 bits per heavy atom. The normalized spacial score (nSPS) is 14.3. The summed E-state index contributed by atoms with van der Waals surface area (Å²) in [5.74, 6) is -0.171. The molecular formula is C10H16N4O. The van der Waals surface area contributed by atoms with E-state index in [9.17, 15) is 4.79 Å². The Balaban J connectivity index is 2.48. The van der Waals surface area contributed by atoms with Gasteiger partial charge >= 0.3 is 0 Å². The first-order chi connectivity index (χ1) is 7.06. The first-order valence-electron chi connectivity index (χ1n) is 4.90. The highest BCUT2D eigenvalue weighted by molar-refractivity contribution is 5.85. The summed E-state index contributed by atoms with van der Waals surface area (Å²) in [6.45, 7) is 3.94. The average molecular weight is 208 g/mol. The van der Waals surface area contributed by atoms with Crippen molar-refractivity contribution >= 4 is 5.91 Å². The van der Waals surface area contributed by atoms with Crippen molar-refractivity contribution in [2.45, 2.75) is 32.4 Å². The Labute approximate surface area is 89.1 Å². The SMILES string of the molecule is CCC(C)(N)C(=O)NCc1cccnn1. The molecule has 0 aromatic carbocycles. The molecule has 3 N–H and O–H groups in total. The Kier molecular flexibility index (Phi) is 3.74. The summed E-state index contributed by atoms with van der Waals surface area (Å²) in [5, 5.41) is 10.3. The van der Waals surface area contributed by atoms with Crippen molar-refractivity contribution in [1.82, 2.24) is 15.5 Å². The van der Waals surface area contributed by atoms with Gasteiger partial charge in [0.1, 0.15) is 0 Å². The predicted octanol–water partition coefficient (Wildman–Crippen LogP) is 0.220. The second-order valence-electron chi connectivity index (χ2n) is 3.67. The fraction of sp³-hybridized carbons (Fsp3) is 0.500. The zero-order valence-corrected chi connectivity index (χ0v) is 9.03. The minimum Gasteiger partial charge on any atom is -0.349 e. The topological polar surface area (TPSA) is 80.9 Å².